The number of hydrogen-bond donors (Lipinski definition) is 1. The summed E-state index contributed by atoms with van der Waals surface area (Å²) in [5.74, 6) is 0.597. The van der Waals surface area contributed by atoms with Gasteiger partial charge in [0.25, 0.3) is 0 Å². The molecule has 0 aromatic rings. The van der Waals surface area contributed by atoms with Gasteiger partial charge in [-0.2, -0.15) is 0 Å². The third-order valence-corrected chi connectivity index (χ3v) is 4.35. The van der Waals surface area contributed by atoms with Crippen LogP contribution < -0.4 is 5.32 Å². The average Bonchev–Trinajstić information content (AvgIpc) is 2.51. The SMILES string of the molecule is C=C(C)CCOCCNC1CCS(=O)(=O)C1. The fourth-order valence-corrected chi connectivity index (χ4v) is 3.35. The van der Waals surface area contributed by atoms with Crippen molar-refractivity contribution < 1.29 is 13.2 Å². The quantitative estimate of drug-likeness (QED) is 0.533. The monoisotopic (exact) mass is 247 g/mol. The van der Waals surface area contributed by atoms with Gasteiger partial charge < -0.3 is 10.1 Å². The molecule has 0 radical (unpaired) electrons. The Morgan fingerprint density at radius 2 is 2.25 bits per heavy atom. The lowest BCUT2D eigenvalue weighted by Gasteiger charge is -2.10. The van der Waals surface area contributed by atoms with Crippen LogP contribution in [0.5, 0.6) is 0 Å². The van der Waals surface area contributed by atoms with Gasteiger partial charge in [0.15, 0.2) is 9.84 Å². The van der Waals surface area contributed by atoms with Crippen LogP contribution in [0.15, 0.2) is 12.2 Å². The summed E-state index contributed by atoms with van der Waals surface area (Å²) in [6, 6.07) is 0.120. The molecule has 1 saturated heterocycles. The first-order valence-corrected chi connectivity index (χ1v) is 7.48. The molecule has 1 atom stereocenters. The van der Waals surface area contributed by atoms with Crippen LogP contribution in [0.2, 0.25) is 0 Å². The van der Waals surface area contributed by atoms with E-state index in [-0.39, 0.29) is 11.8 Å². The fraction of sp³-hybridized carbons (Fsp3) is 0.818. The van der Waals surface area contributed by atoms with Crippen LogP contribution in [-0.2, 0) is 14.6 Å². The van der Waals surface area contributed by atoms with E-state index in [2.05, 4.69) is 11.9 Å². The lowest BCUT2D eigenvalue weighted by Crippen LogP contribution is -2.32. The average molecular weight is 247 g/mol. The molecule has 0 spiro atoms. The molecular formula is C11H21NO3S. The summed E-state index contributed by atoms with van der Waals surface area (Å²) in [6.07, 6.45) is 1.62. The van der Waals surface area contributed by atoms with E-state index in [4.69, 9.17) is 4.74 Å². The maximum absolute atomic E-state index is 11.2. The van der Waals surface area contributed by atoms with Crippen LogP contribution in [-0.4, -0.2) is 45.7 Å². The van der Waals surface area contributed by atoms with Crippen LogP contribution in [0.25, 0.3) is 0 Å². The number of ether oxygens (including phenoxy) is 1. The van der Waals surface area contributed by atoms with E-state index in [0.717, 1.165) is 25.0 Å². The number of sulfone groups is 1. The van der Waals surface area contributed by atoms with E-state index < -0.39 is 9.84 Å². The lowest BCUT2D eigenvalue weighted by atomic mass is 10.2. The van der Waals surface area contributed by atoms with Crippen molar-refractivity contribution in [3.8, 4) is 0 Å². The van der Waals surface area contributed by atoms with Crippen molar-refractivity contribution in [3.63, 3.8) is 0 Å². The smallest absolute Gasteiger partial charge is 0.151 e. The Kier molecular flexibility index (Phi) is 5.44. The lowest BCUT2D eigenvalue weighted by molar-refractivity contribution is 0.137. The van der Waals surface area contributed by atoms with Gasteiger partial charge in [0.05, 0.1) is 24.7 Å². The minimum Gasteiger partial charge on any atom is -0.380 e. The van der Waals surface area contributed by atoms with Gasteiger partial charge in [0.1, 0.15) is 0 Å². The Morgan fingerprint density at radius 1 is 1.50 bits per heavy atom. The molecule has 16 heavy (non-hydrogen) atoms. The Hall–Kier alpha value is -0.390. The Bertz CT molecular complexity index is 324. The second-order valence-corrected chi connectivity index (χ2v) is 6.60. The molecule has 0 amide bonds. The molecule has 0 saturated carbocycles. The highest BCUT2D eigenvalue weighted by Gasteiger charge is 2.26. The molecule has 4 nitrogen and oxygen atoms in total. The van der Waals surface area contributed by atoms with Gasteiger partial charge in [0, 0.05) is 12.6 Å². The van der Waals surface area contributed by atoms with Crippen LogP contribution in [0.1, 0.15) is 19.8 Å². The summed E-state index contributed by atoms with van der Waals surface area (Å²) in [6.45, 7) is 7.81. The normalized spacial score (nSPS) is 23.4. The van der Waals surface area contributed by atoms with Crippen LogP contribution in [0, 0.1) is 0 Å². The minimum absolute atomic E-state index is 0.120. The highest BCUT2D eigenvalue weighted by molar-refractivity contribution is 7.91. The molecule has 0 aromatic heterocycles. The second-order valence-electron chi connectivity index (χ2n) is 4.37. The third-order valence-electron chi connectivity index (χ3n) is 2.59. The molecule has 1 aliphatic rings. The zero-order valence-electron chi connectivity index (χ0n) is 9.87. The summed E-state index contributed by atoms with van der Waals surface area (Å²) in [7, 11) is -2.77. The van der Waals surface area contributed by atoms with Gasteiger partial charge >= 0.3 is 0 Å². The standard InChI is InChI=1S/C11H21NO3S/c1-10(2)3-6-15-7-5-12-11-4-8-16(13,14)9-11/h11-12H,1,3-9H2,2H3. The number of hydrogen-bond acceptors (Lipinski definition) is 4. The van der Waals surface area contributed by atoms with Gasteiger partial charge in [0.2, 0.25) is 0 Å². The van der Waals surface area contributed by atoms with Crippen molar-refractivity contribution in [1.82, 2.24) is 5.32 Å². The summed E-state index contributed by atoms with van der Waals surface area (Å²) in [5, 5.41) is 3.20. The highest BCUT2D eigenvalue weighted by Crippen LogP contribution is 2.10. The van der Waals surface area contributed by atoms with Crippen molar-refractivity contribution in [2.45, 2.75) is 25.8 Å². The van der Waals surface area contributed by atoms with Crippen molar-refractivity contribution >= 4 is 9.84 Å². The maximum Gasteiger partial charge on any atom is 0.151 e. The van der Waals surface area contributed by atoms with E-state index in [1.54, 1.807) is 0 Å². The summed E-state index contributed by atoms with van der Waals surface area (Å²) in [5.41, 5.74) is 1.12. The molecule has 94 valence electrons. The van der Waals surface area contributed by atoms with Crippen molar-refractivity contribution in [1.29, 1.82) is 0 Å². The zero-order valence-corrected chi connectivity index (χ0v) is 10.7. The third kappa shape index (κ3) is 5.63. The number of nitrogens with one attached hydrogen (secondary N) is 1. The van der Waals surface area contributed by atoms with Gasteiger partial charge in [-0.25, -0.2) is 8.42 Å². The van der Waals surface area contributed by atoms with Gasteiger partial charge in [-0.1, -0.05) is 5.57 Å². The summed E-state index contributed by atoms with van der Waals surface area (Å²) in [4.78, 5) is 0. The molecule has 0 aliphatic carbocycles. The molecule has 1 fully saturated rings. The van der Waals surface area contributed by atoms with Crippen LogP contribution in [0.3, 0.4) is 0 Å². The second kappa shape index (κ2) is 6.37. The zero-order chi connectivity index (χ0) is 12.0. The first kappa shape index (κ1) is 13.7. The van der Waals surface area contributed by atoms with Crippen molar-refractivity contribution in [2.75, 3.05) is 31.3 Å². The molecule has 1 aliphatic heterocycles. The van der Waals surface area contributed by atoms with Crippen molar-refractivity contribution in [3.05, 3.63) is 12.2 Å². The minimum atomic E-state index is -2.77. The largest absolute Gasteiger partial charge is 0.380 e. The summed E-state index contributed by atoms with van der Waals surface area (Å²) >= 11 is 0. The molecule has 1 N–H and O–H groups in total. The molecule has 5 heteroatoms. The Balaban J connectivity index is 1.98. The predicted molar refractivity (Wildman–Crippen MR) is 65.3 cm³/mol. The Labute approximate surface area is 98.0 Å². The molecule has 0 aromatic carbocycles. The van der Waals surface area contributed by atoms with E-state index in [0.29, 0.717) is 19.0 Å². The summed E-state index contributed by atoms with van der Waals surface area (Å²) < 4.78 is 27.7. The van der Waals surface area contributed by atoms with Gasteiger partial charge in [-0.15, -0.1) is 6.58 Å². The van der Waals surface area contributed by atoms with Crippen LogP contribution in [0.4, 0.5) is 0 Å². The molecule has 1 heterocycles. The van der Waals surface area contributed by atoms with E-state index in [1.165, 1.54) is 0 Å². The highest BCUT2D eigenvalue weighted by atomic mass is 32.2. The van der Waals surface area contributed by atoms with Crippen molar-refractivity contribution in [2.24, 2.45) is 0 Å². The van der Waals surface area contributed by atoms with Gasteiger partial charge in [-0.3, -0.25) is 0 Å². The molecule has 1 rings (SSSR count). The Morgan fingerprint density at radius 3 is 2.81 bits per heavy atom. The predicted octanol–water partition coefficient (Wildman–Crippen LogP) is 0.746. The molecule has 0 bridgehead atoms. The topological polar surface area (TPSA) is 55.4 Å². The first-order chi connectivity index (χ1) is 7.49. The fourth-order valence-electron chi connectivity index (χ4n) is 1.64. The molecular weight excluding hydrogens is 226 g/mol. The van der Waals surface area contributed by atoms with Gasteiger partial charge in [-0.05, 0) is 19.8 Å². The maximum atomic E-state index is 11.2. The number of rotatable bonds is 7. The van der Waals surface area contributed by atoms with Crippen LogP contribution >= 0.6 is 0 Å². The molecule has 1 unspecified atom stereocenters. The van der Waals surface area contributed by atoms with E-state index in [1.807, 2.05) is 6.92 Å². The first-order valence-electron chi connectivity index (χ1n) is 5.65. The van der Waals surface area contributed by atoms with E-state index in [9.17, 15) is 8.42 Å². The van der Waals surface area contributed by atoms with E-state index >= 15 is 0 Å².